The average molecular weight is 285 g/mol. The van der Waals surface area contributed by atoms with E-state index in [4.69, 9.17) is 5.73 Å². The predicted molar refractivity (Wildman–Crippen MR) is 84.2 cm³/mol. The van der Waals surface area contributed by atoms with E-state index in [1.807, 2.05) is 37.3 Å². The normalized spacial score (nSPS) is 11.1. The molecule has 4 nitrogen and oxygen atoms in total. The van der Waals surface area contributed by atoms with Gasteiger partial charge in [-0.1, -0.05) is 18.2 Å². The van der Waals surface area contributed by atoms with E-state index in [0.717, 1.165) is 21.1 Å². The molecule has 20 heavy (non-hydrogen) atoms. The number of carbonyl (C=O) groups excluding carboxylic acids is 1. The summed E-state index contributed by atoms with van der Waals surface area (Å²) in [5, 5.41) is 1.90. The van der Waals surface area contributed by atoms with Gasteiger partial charge in [-0.05, 0) is 19.1 Å². The molecule has 0 saturated carbocycles. The molecule has 2 aromatic heterocycles. The maximum absolute atomic E-state index is 12.3. The second-order valence-corrected chi connectivity index (χ2v) is 5.70. The Morgan fingerprint density at radius 2 is 2.15 bits per heavy atom. The van der Waals surface area contributed by atoms with Crippen molar-refractivity contribution in [1.29, 1.82) is 0 Å². The van der Waals surface area contributed by atoms with Gasteiger partial charge in [0.1, 0.15) is 9.71 Å². The molecule has 102 valence electrons. The SMILES string of the molecule is CCN(C)C(=O)c1sc2nc3ccccc3cc2c1N. The van der Waals surface area contributed by atoms with E-state index in [0.29, 0.717) is 17.1 Å². The van der Waals surface area contributed by atoms with Crippen LogP contribution >= 0.6 is 11.3 Å². The van der Waals surface area contributed by atoms with Crippen molar-refractivity contribution in [3.05, 3.63) is 35.2 Å². The van der Waals surface area contributed by atoms with Crippen molar-refractivity contribution < 1.29 is 4.79 Å². The highest BCUT2D eigenvalue weighted by Crippen LogP contribution is 2.35. The number of thiophene rings is 1. The molecule has 0 aliphatic heterocycles. The summed E-state index contributed by atoms with van der Waals surface area (Å²) in [5.41, 5.74) is 7.60. The molecular formula is C15H15N3OS. The van der Waals surface area contributed by atoms with E-state index in [-0.39, 0.29) is 5.91 Å². The van der Waals surface area contributed by atoms with E-state index in [2.05, 4.69) is 4.98 Å². The first kappa shape index (κ1) is 12.9. The fourth-order valence-electron chi connectivity index (χ4n) is 2.12. The Morgan fingerprint density at radius 3 is 2.90 bits per heavy atom. The number of aromatic nitrogens is 1. The van der Waals surface area contributed by atoms with E-state index in [9.17, 15) is 4.79 Å². The fraction of sp³-hybridized carbons (Fsp3) is 0.200. The molecular weight excluding hydrogens is 270 g/mol. The zero-order chi connectivity index (χ0) is 14.3. The van der Waals surface area contributed by atoms with Crippen LogP contribution in [0.2, 0.25) is 0 Å². The second kappa shape index (κ2) is 4.76. The molecule has 2 heterocycles. The molecule has 0 radical (unpaired) electrons. The van der Waals surface area contributed by atoms with Crippen molar-refractivity contribution in [2.24, 2.45) is 0 Å². The Kier molecular flexibility index (Phi) is 3.06. The summed E-state index contributed by atoms with van der Waals surface area (Å²) in [6, 6.07) is 9.89. The summed E-state index contributed by atoms with van der Waals surface area (Å²) >= 11 is 1.36. The zero-order valence-corrected chi connectivity index (χ0v) is 12.2. The summed E-state index contributed by atoms with van der Waals surface area (Å²) in [6.07, 6.45) is 0. The number of anilines is 1. The number of rotatable bonds is 2. The minimum Gasteiger partial charge on any atom is -0.397 e. The number of para-hydroxylation sites is 1. The van der Waals surface area contributed by atoms with Gasteiger partial charge in [0.05, 0.1) is 11.2 Å². The number of carbonyl (C=O) groups is 1. The summed E-state index contributed by atoms with van der Waals surface area (Å²) in [5.74, 6) is -0.0444. The number of hydrogen-bond acceptors (Lipinski definition) is 4. The van der Waals surface area contributed by atoms with E-state index in [1.165, 1.54) is 11.3 Å². The third-order valence-electron chi connectivity index (χ3n) is 3.44. The highest BCUT2D eigenvalue weighted by molar-refractivity contribution is 7.21. The minimum atomic E-state index is -0.0444. The molecule has 0 fully saturated rings. The van der Waals surface area contributed by atoms with Gasteiger partial charge in [-0.3, -0.25) is 4.79 Å². The Balaban J connectivity index is 2.23. The molecule has 0 bridgehead atoms. The molecule has 1 aromatic carbocycles. The smallest absolute Gasteiger partial charge is 0.265 e. The summed E-state index contributed by atoms with van der Waals surface area (Å²) in [7, 11) is 1.77. The summed E-state index contributed by atoms with van der Waals surface area (Å²) in [6.45, 7) is 2.59. The summed E-state index contributed by atoms with van der Waals surface area (Å²) < 4.78 is 0. The van der Waals surface area contributed by atoms with Crippen LogP contribution in [-0.2, 0) is 0 Å². The lowest BCUT2D eigenvalue weighted by atomic mass is 10.1. The number of nitrogens with zero attached hydrogens (tertiary/aromatic N) is 2. The van der Waals surface area contributed by atoms with Crippen LogP contribution in [0, 0.1) is 0 Å². The van der Waals surface area contributed by atoms with Crippen molar-refractivity contribution in [1.82, 2.24) is 9.88 Å². The fourth-order valence-corrected chi connectivity index (χ4v) is 3.20. The first-order chi connectivity index (χ1) is 9.61. The third kappa shape index (κ3) is 1.91. The molecule has 3 aromatic rings. The van der Waals surface area contributed by atoms with Crippen molar-refractivity contribution in [3.8, 4) is 0 Å². The number of hydrogen-bond donors (Lipinski definition) is 1. The van der Waals surface area contributed by atoms with Gasteiger partial charge in [-0.25, -0.2) is 4.98 Å². The van der Waals surface area contributed by atoms with Crippen LogP contribution in [0.15, 0.2) is 30.3 Å². The third-order valence-corrected chi connectivity index (χ3v) is 4.54. The van der Waals surface area contributed by atoms with Crippen LogP contribution in [0.5, 0.6) is 0 Å². The molecule has 0 atom stereocenters. The van der Waals surface area contributed by atoms with Gasteiger partial charge in [0.2, 0.25) is 0 Å². The number of nitrogens with two attached hydrogens (primary N) is 1. The lowest BCUT2D eigenvalue weighted by molar-refractivity contribution is 0.0808. The molecule has 5 heteroatoms. The lowest BCUT2D eigenvalue weighted by Gasteiger charge is -2.13. The molecule has 3 rings (SSSR count). The van der Waals surface area contributed by atoms with Gasteiger partial charge < -0.3 is 10.6 Å². The first-order valence-electron chi connectivity index (χ1n) is 6.45. The molecule has 0 aliphatic carbocycles. The molecule has 2 N–H and O–H groups in total. The van der Waals surface area contributed by atoms with Crippen LogP contribution < -0.4 is 5.73 Å². The van der Waals surface area contributed by atoms with Crippen LogP contribution in [0.25, 0.3) is 21.1 Å². The van der Waals surface area contributed by atoms with Crippen LogP contribution in [0.3, 0.4) is 0 Å². The average Bonchev–Trinajstić information content (AvgIpc) is 2.80. The number of fused-ring (bicyclic) bond motifs is 2. The highest BCUT2D eigenvalue weighted by atomic mass is 32.1. The van der Waals surface area contributed by atoms with Gasteiger partial charge in [0.15, 0.2) is 0 Å². The topological polar surface area (TPSA) is 59.2 Å². The van der Waals surface area contributed by atoms with E-state index < -0.39 is 0 Å². The maximum Gasteiger partial charge on any atom is 0.265 e. The lowest BCUT2D eigenvalue weighted by Crippen LogP contribution is -2.25. The molecule has 0 spiro atoms. The molecule has 0 aliphatic rings. The maximum atomic E-state index is 12.3. The Hall–Kier alpha value is -2.14. The van der Waals surface area contributed by atoms with Crippen LogP contribution in [0.1, 0.15) is 16.6 Å². The Labute approximate surface area is 120 Å². The predicted octanol–water partition coefficient (Wildman–Crippen LogP) is 3.12. The van der Waals surface area contributed by atoms with Crippen LogP contribution in [0.4, 0.5) is 5.69 Å². The zero-order valence-electron chi connectivity index (χ0n) is 11.4. The van der Waals surface area contributed by atoms with Crippen molar-refractivity contribution in [2.45, 2.75) is 6.92 Å². The van der Waals surface area contributed by atoms with Gasteiger partial charge in [-0.15, -0.1) is 11.3 Å². The summed E-state index contributed by atoms with van der Waals surface area (Å²) in [4.78, 5) is 19.9. The van der Waals surface area contributed by atoms with E-state index >= 15 is 0 Å². The molecule has 1 amide bonds. The molecule has 0 unspecified atom stereocenters. The number of nitrogen functional groups attached to an aromatic ring is 1. The first-order valence-corrected chi connectivity index (χ1v) is 7.26. The molecule has 0 saturated heterocycles. The van der Waals surface area contributed by atoms with Gasteiger partial charge in [-0.2, -0.15) is 0 Å². The number of amides is 1. The van der Waals surface area contributed by atoms with Gasteiger partial charge >= 0.3 is 0 Å². The van der Waals surface area contributed by atoms with Crippen molar-refractivity contribution in [3.63, 3.8) is 0 Å². The number of benzene rings is 1. The number of pyridine rings is 1. The minimum absolute atomic E-state index is 0.0444. The van der Waals surface area contributed by atoms with Gasteiger partial charge in [0.25, 0.3) is 5.91 Å². The second-order valence-electron chi connectivity index (χ2n) is 4.70. The van der Waals surface area contributed by atoms with Crippen molar-refractivity contribution >= 4 is 44.1 Å². The largest absolute Gasteiger partial charge is 0.397 e. The van der Waals surface area contributed by atoms with Crippen LogP contribution in [-0.4, -0.2) is 29.4 Å². The monoisotopic (exact) mass is 285 g/mol. The van der Waals surface area contributed by atoms with E-state index in [1.54, 1.807) is 11.9 Å². The Morgan fingerprint density at radius 1 is 1.40 bits per heavy atom. The van der Waals surface area contributed by atoms with Crippen molar-refractivity contribution in [2.75, 3.05) is 19.3 Å². The standard InChI is InChI=1S/C15H15N3OS/c1-3-18(2)15(19)13-12(16)10-8-9-6-4-5-7-11(9)17-14(10)20-13/h4-8H,3,16H2,1-2H3. The quantitative estimate of drug-likeness (QED) is 0.787. The highest BCUT2D eigenvalue weighted by Gasteiger charge is 2.19. The van der Waals surface area contributed by atoms with Gasteiger partial charge in [0, 0.05) is 24.4 Å². The Bertz CT molecular complexity index is 809.